The Morgan fingerprint density at radius 2 is 1.84 bits per heavy atom. The van der Waals surface area contributed by atoms with Crippen LogP contribution >= 0.6 is 0 Å². The van der Waals surface area contributed by atoms with E-state index in [4.69, 9.17) is 10.6 Å². The molecule has 0 aromatic heterocycles. The van der Waals surface area contributed by atoms with Crippen molar-refractivity contribution >= 4 is 17.3 Å². The number of nitrogens with zero attached hydrogens (tertiary/aromatic N) is 1. The molecule has 0 radical (unpaired) electrons. The van der Waals surface area contributed by atoms with E-state index in [0.717, 1.165) is 31.4 Å². The highest BCUT2D eigenvalue weighted by Crippen LogP contribution is 2.18. The smallest absolute Gasteiger partial charge is 0.332 e. The van der Waals surface area contributed by atoms with Crippen molar-refractivity contribution in [3.63, 3.8) is 0 Å². The van der Waals surface area contributed by atoms with E-state index in [0.29, 0.717) is 18.7 Å². The highest BCUT2D eigenvalue weighted by atomic mass is 16.7. The van der Waals surface area contributed by atoms with Crippen molar-refractivity contribution in [1.82, 2.24) is 0 Å². The minimum atomic E-state index is -0.184. The van der Waals surface area contributed by atoms with Crippen molar-refractivity contribution in [1.29, 1.82) is 0 Å². The Hall–Kier alpha value is -1.71. The van der Waals surface area contributed by atoms with Crippen LogP contribution in [0.5, 0.6) is 0 Å². The summed E-state index contributed by atoms with van der Waals surface area (Å²) in [6.45, 7) is 4.83. The molecule has 1 aromatic rings. The zero-order chi connectivity index (χ0) is 14.1. The number of rotatable bonds is 8. The van der Waals surface area contributed by atoms with Gasteiger partial charge >= 0.3 is 5.97 Å². The van der Waals surface area contributed by atoms with Crippen LogP contribution in [-0.4, -0.2) is 12.5 Å². The van der Waals surface area contributed by atoms with Crippen LogP contribution in [0.1, 0.15) is 46.0 Å². The van der Waals surface area contributed by atoms with E-state index in [2.05, 4.69) is 6.92 Å². The van der Waals surface area contributed by atoms with E-state index in [1.54, 1.807) is 5.06 Å². The molecule has 1 rings (SSSR count). The number of carbonyl (C=O) groups excluding carboxylic acids is 1. The van der Waals surface area contributed by atoms with Gasteiger partial charge in [0.2, 0.25) is 0 Å². The standard InChI is InChI=1S/C15H24N2O2/c1-3-5-6-12-17(19-15(18)7-4-2)14-10-8-13(16)9-11-14/h8-11H,3-7,12,16H2,1-2H3. The van der Waals surface area contributed by atoms with Crippen molar-refractivity contribution in [2.45, 2.75) is 46.0 Å². The first kappa shape index (κ1) is 15.3. The third kappa shape index (κ3) is 5.64. The molecule has 0 aliphatic carbocycles. The molecule has 4 heteroatoms. The number of carbonyl (C=O) groups is 1. The largest absolute Gasteiger partial charge is 0.399 e. The minimum absolute atomic E-state index is 0.184. The average Bonchev–Trinajstić information content (AvgIpc) is 2.39. The van der Waals surface area contributed by atoms with Crippen LogP contribution in [0.4, 0.5) is 11.4 Å². The summed E-state index contributed by atoms with van der Waals surface area (Å²) in [6, 6.07) is 7.38. The van der Waals surface area contributed by atoms with Crippen LogP contribution in [0.2, 0.25) is 0 Å². The number of anilines is 2. The number of hydroxylamine groups is 1. The Kier molecular flexibility index (Phi) is 6.79. The number of nitrogens with two attached hydrogens (primary N) is 1. The van der Waals surface area contributed by atoms with Gasteiger partial charge < -0.3 is 10.6 Å². The monoisotopic (exact) mass is 264 g/mol. The molecule has 1 aromatic carbocycles. The Labute approximate surface area is 115 Å². The molecule has 0 atom stereocenters. The molecule has 0 unspecified atom stereocenters. The van der Waals surface area contributed by atoms with Gasteiger partial charge in [-0.3, -0.25) is 0 Å². The fourth-order valence-corrected chi connectivity index (χ4v) is 1.75. The maximum atomic E-state index is 11.6. The van der Waals surface area contributed by atoms with Crippen molar-refractivity contribution in [3.8, 4) is 0 Å². The molecule has 4 nitrogen and oxygen atoms in total. The van der Waals surface area contributed by atoms with Gasteiger partial charge in [-0.25, -0.2) is 9.86 Å². The van der Waals surface area contributed by atoms with Gasteiger partial charge in [-0.2, -0.15) is 0 Å². The van der Waals surface area contributed by atoms with Crippen LogP contribution < -0.4 is 10.8 Å². The highest BCUT2D eigenvalue weighted by molar-refractivity contribution is 5.71. The highest BCUT2D eigenvalue weighted by Gasteiger charge is 2.12. The van der Waals surface area contributed by atoms with E-state index in [1.807, 2.05) is 31.2 Å². The lowest BCUT2D eigenvalue weighted by molar-refractivity contribution is -0.145. The lowest BCUT2D eigenvalue weighted by Crippen LogP contribution is -2.28. The number of unbranched alkanes of at least 4 members (excludes halogenated alkanes) is 2. The van der Waals surface area contributed by atoms with Crippen molar-refractivity contribution in [3.05, 3.63) is 24.3 Å². The molecule has 106 valence electrons. The van der Waals surface area contributed by atoms with E-state index < -0.39 is 0 Å². The maximum absolute atomic E-state index is 11.6. The summed E-state index contributed by atoms with van der Waals surface area (Å²) in [5, 5.41) is 1.67. The fraction of sp³-hybridized carbons (Fsp3) is 0.533. The van der Waals surface area contributed by atoms with Gasteiger partial charge in [0.15, 0.2) is 0 Å². The van der Waals surface area contributed by atoms with Gasteiger partial charge in [-0.1, -0.05) is 26.7 Å². The van der Waals surface area contributed by atoms with Gasteiger partial charge in [0.1, 0.15) is 0 Å². The topological polar surface area (TPSA) is 55.6 Å². The van der Waals surface area contributed by atoms with Crippen LogP contribution in [-0.2, 0) is 9.63 Å². The van der Waals surface area contributed by atoms with E-state index >= 15 is 0 Å². The maximum Gasteiger partial charge on any atom is 0.332 e. The Bertz CT molecular complexity index is 376. The number of hydrogen-bond donors (Lipinski definition) is 1. The number of hydrogen-bond acceptors (Lipinski definition) is 4. The van der Waals surface area contributed by atoms with E-state index in [9.17, 15) is 4.79 Å². The first-order valence-electron chi connectivity index (χ1n) is 7.01. The summed E-state index contributed by atoms with van der Waals surface area (Å²) in [6.07, 6.45) is 4.50. The molecule has 0 saturated heterocycles. The SMILES string of the molecule is CCCCCN(OC(=O)CCC)c1ccc(N)cc1. The molecule has 0 fully saturated rings. The summed E-state index contributed by atoms with van der Waals surface area (Å²) in [5.41, 5.74) is 7.25. The number of benzene rings is 1. The van der Waals surface area contributed by atoms with Gasteiger partial charge in [-0.05, 0) is 37.1 Å². The molecule has 0 amide bonds. The summed E-state index contributed by atoms with van der Waals surface area (Å²) in [5.74, 6) is -0.184. The normalized spacial score (nSPS) is 10.2. The third-order valence-corrected chi connectivity index (χ3v) is 2.81. The predicted molar refractivity (Wildman–Crippen MR) is 78.7 cm³/mol. The molecule has 0 aliphatic rings. The van der Waals surface area contributed by atoms with E-state index in [-0.39, 0.29) is 5.97 Å². The van der Waals surface area contributed by atoms with Crippen LogP contribution in [0.3, 0.4) is 0 Å². The molecule has 0 saturated carbocycles. The summed E-state index contributed by atoms with van der Waals surface area (Å²) >= 11 is 0. The fourth-order valence-electron chi connectivity index (χ4n) is 1.75. The molecule has 0 heterocycles. The van der Waals surface area contributed by atoms with Crippen molar-refractivity contribution in [2.75, 3.05) is 17.3 Å². The first-order chi connectivity index (χ1) is 9.17. The zero-order valence-electron chi connectivity index (χ0n) is 11.9. The molecule has 19 heavy (non-hydrogen) atoms. The molecule has 2 N–H and O–H groups in total. The second-order valence-electron chi connectivity index (χ2n) is 4.61. The van der Waals surface area contributed by atoms with E-state index in [1.165, 1.54) is 0 Å². The first-order valence-corrected chi connectivity index (χ1v) is 7.01. The summed E-state index contributed by atoms with van der Waals surface area (Å²) in [4.78, 5) is 17.1. The third-order valence-electron chi connectivity index (χ3n) is 2.81. The van der Waals surface area contributed by atoms with Gasteiger partial charge in [0.25, 0.3) is 0 Å². The Morgan fingerprint density at radius 1 is 1.16 bits per heavy atom. The second-order valence-corrected chi connectivity index (χ2v) is 4.61. The number of nitrogen functional groups attached to an aromatic ring is 1. The molecule has 0 bridgehead atoms. The second kappa shape index (κ2) is 8.40. The lowest BCUT2D eigenvalue weighted by Gasteiger charge is -2.23. The molecular weight excluding hydrogens is 240 g/mol. The van der Waals surface area contributed by atoms with Crippen molar-refractivity contribution < 1.29 is 9.63 Å². The Balaban J connectivity index is 2.67. The zero-order valence-corrected chi connectivity index (χ0v) is 11.9. The summed E-state index contributed by atoms with van der Waals surface area (Å²) < 4.78 is 0. The molecule has 0 aliphatic heterocycles. The van der Waals surface area contributed by atoms with Crippen LogP contribution in [0.15, 0.2) is 24.3 Å². The quantitative estimate of drug-likeness (QED) is 0.443. The Morgan fingerprint density at radius 3 is 2.42 bits per heavy atom. The minimum Gasteiger partial charge on any atom is -0.399 e. The van der Waals surface area contributed by atoms with Crippen molar-refractivity contribution in [2.24, 2.45) is 0 Å². The summed E-state index contributed by atoms with van der Waals surface area (Å²) in [7, 11) is 0. The van der Waals surface area contributed by atoms with Crippen LogP contribution in [0, 0.1) is 0 Å². The molecule has 0 spiro atoms. The predicted octanol–water partition coefficient (Wildman–Crippen LogP) is 3.52. The van der Waals surface area contributed by atoms with Gasteiger partial charge in [0.05, 0.1) is 12.2 Å². The van der Waals surface area contributed by atoms with Gasteiger partial charge in [0, 0.05) is 12.1 Å². The molecular formula is C15H24N2O2. The van der Waals surface area contributed by atoms with Crippen LogP contribution in [0.25, 0.3) is 0 Å². The average molecular weight is 264 g/mol. The van der Waals surface area contributed by atoms with Gasteiger partial charge in [-0.15, -0.1) is 0 Å². The lowest BCUT2D eigenvalue weighted by atomic mass is 10.2.